The van der Waals surface area contributed by atoms with Crippen molar-refractivity contribution in [1.82, 2.24) is 15.0 Å². The molecule has 30 heavy (non-hydrogen) atoms. The Balaban J connectivity index is 1.35. The summed E-state index contributed by atoms with van der Waals surface area (Å²) in [6.07, 6.45) is 1.82. The second-order valence-electron chi connectivity index (χ2n) is 7.68. The molecule has 156 valence electrons. The van der Waals surface area contributed by atoms with Crippen molar-refractivity contribution in [1.29, 1.82) is 0 Å². The molecule has 7 nitrogen and oxygen atoms in total. The summed E-state index contributed by atoms with van der Waals surface area (Å²) in [7, 11) is 0. The molecule has 1 saturated heterocycles. The van der Waals surface area contributed by atoms with Crippen LogP contribution in [0.2, 0.25) is 0 Å². The maximum atomic E-state index is 12.8. The van der Waals surface area contributed by atoms with E-state index in [2.05, 4.69) is 21.5 Å². The number of aryl methyl sites for hydroxylation is 2. The molecule has 2 aromatic carbocycles. The van der Waals surface area contributed by atoms with Gasteiger partial charge in [0.25, 0.3) is 5.89 Å². The fourth-order valence-electron chi connectivity index (χ4n) is 3.67. The number of carbonyl (C=O) groups excluding carboxylic acids is 1. The van der Waals surface area contributed by atoms with Crippen molar-refractivity contribution in [3.63, 3.8) is 0 Å². The lowest BCUT2D eigenvalue weighted by molar-refractivity contribution is 0.190. The first-order valence-electron chi connectivity index (χ1n) is 10.2. The molecule has 1 atom stereocenters. The number of urea groups is 1. The van der Waals surface area contributed by atoms with Gasteiger partial charge < -0.3 is 19.5 Å². The van der Waals surface area contributed by atoms with Gasteiger partial charge in [0.1, 0.15) is 5.75 Å². The van der Waals surface area contributed by atoms with Crippen molar-refractivity contribution in [3.8, 4) is 5.75 Å². The van der Waals surface area contributed by atoms with Crippen LogP contribution in [-0.4, -0.2) is 34.2 Å². The topological polar surface area (TPSA) is 80.5 Å². The van der Waals surface area contributed by atoms with Gasteiger partial charge in [-0.25, -0.2) is 4.79 Å². The molecule has 1 aliphatic heterocycles. The molecule has 0 aliphatic carbocycles. The third kappa shape index (κ3) is 4.79. The minimum Gasteiger partial charge on any atom is -0.484 e. The predicted molar refractivity (Wildman–Crippen MR) is 114 cm³/mol. The lowest BCUT2D eigenvalue weighted by Crippen LogP contribution is -2.42. The Kier molecular flexibility index (Phi) is 5.97. The van der Waals surface area contributed by atoms with Crippen molar-refractivity contribution < 1.29 is 14.1 Å². The summed E-state index contributed by atoms with van der Waals surface area (Å²) in [5, 5.41) is 7.15. The zero-order valence-corrected chi connectivity index (χ0v) is 17.3. The van der Waals surface area contributed by atoms with Crippen molar-refractivity contribution in [2.24, 2.45) is 0 Å². The molecular weight excluding hydrogens is 380 g/mol. The molecule has 1 N–H and O–H groups in total. The minimum atomic E-state index is -0.0946. The molecule has 0 saturated carbocycles. The van der Waals surface area contributed by atoms with E-state index in [1.165, 1.54) is 5.56 Å². The first kappa shape index (κ1) is 19.9. The monoisotopic (exact) mass is 406 g/mol. The molecular formula is C23H26N4O3. The average Bonchev–Trinajstić information content (AvgIpc) is 3.24. The molecule has 0 bridgehead atoms. The van der Waals surface area contributed by atoms with Crippen LogP contribution in [0.15, 0.2) is 53.1 Å². The Morgan fingerprint density at radius 2 is 2.07 bits per heavy atom. The van der Waals surface area contributed by atoms with Gasteiger partial charge in [-0.1, -0.05) is 41.1 Å². The maximum Gasteiger partial charge on any atom is 0.321 e. The number of aromatic nitrogens is 2. The van der Waals surface area contributed by atoms with Crippen LogP contribution >= 0.6 is 0 Å². The van der Waals surface area contributed by atoms with E-state index < -0.39 is 0 Å². The Bertz CT molecular complexity index is 1000. The van der Waals surface area contributed by atoms with Crippen LogP contribution in [0.25, 0.3) is 0 Å². The van der Waals surface area contributed by atoms with E-state index in [1.54, 1.807) is 0 Å². The number of anilines is 1. The van der Waals surface area contributed by atoms with E-state index in [1.807, 2.05) is 61.2 Å². The molecule has 0 spiro atoms. The average molecular weight is 406 g/mol. The number of hydrogen-bond donors (Lipinski definition) is 1. The number of ether oxygens (including phenoxy) is 1. The Morgan fingerprint density at radius 3 is 2.87 bits per heavy atom. The number of piperidine rings is 1. The SMILES string of the molecule is Cc1ccc(NC(=O)N2CCCC(c3noc(COc4ccccc4)n3)C2)c(C)c1. The molecule has 3 aromatic rings. The number of rotatable bonds is 5. The summed E-state index contributed by atoms with van der Waals surface area (Å²) in [4.78, 5) is 19.1. The quantitative estimate of drug-likeness (QED) is 0.666. The lowest BCUT2D eigenvalue weighted by atomic mass is 9.97. The summed E-state index contributed by atoms with van der Waals surface area (Å²) < 4.78 is 11.0. The van der Waals surface area contributed by atoms with Gasteiger partial charge in [0, 0.05) is 24.7 Å². The summed E-state index contributed by atoms with van der Waals surface area (Å²) in [6.45, 7) is 5.54. The van der Waals surface area contributed by atoms with Gasteiger partial charge in [-0.05, 0) is 50.5 Å². The zero-order chi connectivity index (χ0) is 20.9. The highest BCUT2D eigenvalue weighted by atomic mass is 16.5. The fraction of sp³-hybridized carbons (Fsp3) is 0.348. The maximum absolute atomic E-state index is 12.8. The summed E-state index contributed by atoms with van der Waals surface area (Å²) >= 11 is 0. The van der Waals surface area contributed by atoms with Gasteiger partial charge in [0.2, 0.25) is 0 Å². The van der Waals surface area contributed by atoms with Crippen molar-refractivity contribution in [3.05, 3.63) is 71.4 Å². The minimum absolute atomic E-state index is 0.0536. The summed E-state index contributed by atoms with van der Waals surface area (Å²) in [5.74, 6) is 1.87. The second kappa shape index (κ2) is 8.98. The number of benzene rings is 2. The fourth-order valence-corrected chi connectivity index (χ4v) is 3.67. The number of likely N-dealkylation sites (tertiary alicyclic amines) is 1. The van der Waals surface area contributed by atoms with Gasteiger partial charge in [0.15, 0.2) is 12.4 Å². The molecule has 1 aliphatic rings. The smallest absolute Gasteiger partial charge is 0.321 e. The van der Waals surface area contributed by atoms with Crippen molar-refractivity contribution in [2.45, 2.75) is 39.2 Å². The van der Waals surface area contributed by atoms with Crippen molar-refractivity contribution in [2.75, 3.05) is 18.4 Å². The molecule has 7 heteroatoms. The van der Waals surface area contributed by atoms with Crippen LogP contribution in [0.3, 0.4) is 0 Å². The number of nitrogens with zero attached hydrogens (tertiary/aromatic N) is 3. The lowest BCUT2D eigenvalue weighted by Gasteiger charge is -2.31. The number of amides is 2. The van der Waals surface area contributed by atoms with Crippen LogP contribution in [0.1, 0.15) is 41.6 Å². The van der Waals surface area contributed by atoms with Gasteiger partial charge in [0.05, 0.1) is 0 Å². The Labute approximate surface area is 176 Å². The number of para-hydroxylation sites is 1. The largest absolute Gasteiger partial charge is 0.484 e. The number of hydrogen-bond acceptors (Lipinski definition) is 5. The third-order valence-corrected chi connectivity index (χ3v) is 5.29. The van der Waals surface area contributed by atoms with E-state index in [4.69, 9.17) is 9.26 Å². The Morgan fingerprint density at radius 1 is 1.23 bits per heavy atom. The number of nitrogens with one attached hydrogen (secondary N) is 1. The van der Waals surface area contributed by atoms with Gasteiger partial charge in [-0.15, -0.1) is 0 Å². The van der Waals surface area contributed by atoms with Crippen molar-refractivity contribution >= 4 is 11.7 Å². The Hall–Kier alpha value is -3.35. The highest BCUT2D eigenvalue weighted by molar-refractivity contribution is 5.90. The van der Waals surface area contributed by atoms with Crippen LogP contribution < -0.4 is 10.1 Å². The van der Waals surface area contributed by atoms with Gasteiger partial charge in [-0.3, -0.25) is 0 Å². The molecule has 1 fully saturated rings. The first-order chi connectivity index (χ1) is 14.6. The molecule has 2 heterocycles. The van der Waals surface area contributed by atoms with E-state index >= 15 is 0 Å². The van der Waals surface area contributed by atoms with E-state index in [-0.39, 0.29) is 18.6 Å². The zero-order valence-electron chi connectivity index (χ0n) is 17.3. The summed E-state index contributed by atoms with van der Waals surface area (Å²) in [6, 6.07) is 15.4. The molecule has 1 unspecified atom stereocenters. The van der Waals surface area contributed by atoms with Crippen LogP contribution in [0, 0.1) is 13.8 Å². The molecule has 0 radical (unpaired) electrons. The normalized spacial score (nSPS) is 16.3. The molecule has 2 amide bonds. The standard InChI is InChI=1S/C23H26N4O3/c1-16-10-11-20(17(2)13-16)24-23(28)27-12-6-7-18(14-27)22-25-21(30-26-22)15-29-19-8-4-3-5-9-19/h3-5,8-11,13,18H,6-7,12,14-15H2,1-2H3,(H,24,28). The van der Waals surface area contributed by atoms with Gasteiger partial charge in [-0.2, -0.15) is 4.98 Å². The summed E-state index contributed by atoms with van der Waals surface area (Å²) in [5.41, 5.74) is 3.07. The van der Waals surface area contributed by atoms with Crippen LogP contribution in [-0.2, 0) is 6.61 Å². The van der Waals surface area contributed by atoms with E-state index in [9.17, 15) is 4.79 Å². The predicted octanol–water partition coefficient (Wildman–Crippen LogP) is 4.68. The second-order valence-corrected chi connectivity index (χ2v) is 7.68. The van der Waals surface area contributed by atoms with Crippen LogP contribution in [0.5, 0.6) is 5.75 Å². The highest BCUT2D eigenvalue weighted by Crippen LogP contribution is 2.26. The molecule has 1 aromatic heterocycles. The van der Waals surface area contributed by atoms with Gasteiger partial charge >= 0.3 is 6.03 Å². The van der Waals surface area contributed by atoms with E-state index in [0.717, 1.165) is 36.4 Å². The molecule has 4 rings (SSSR count). The van der Waals surface area contributed by atoms with E-state index in [0.29, 0.717) is 18.3 Å². The third-order valence-electron chi connectivity index (χ3n) is 5.29. The highest BCUT2D eigenvalue weighted by Gasteiger charge is 2.28. The number of carbonyl (C=O) groups is 1. The van der Waals surface area contributed by atoms with Crippen LogP contribution in [0.4, 0.5) is 10.5 Å². The first-order valence-corrected chi connectivity index (χ1v) is 10.2.